The first-order valence-corrected chi connectivity index (χ1v) is 5.28. The summed E-state index contributed by atoms with van der Waals surface area (Å²) in [7, 11) is 0. The Hall–Kier alpha value is -1.62. The van der Waals surface area contributed by atoms with Crippen LogP contribution >= 0.6 is 0 Å². The lowest BCUT2D eigenvalue weighted by Crippen LogP contribution is -2.45. The molecule has 1 saturated heterocycles. The first-order chi connectivity index (χ1) is 7.86. The molecule has 1 aromatic heterocycles. The number of ether oxygens (including phenoxy) is 1. The fourth-order valence-electron chi connectivity index (χ4n) is 1.51. The number of aromatic nitrogens is 1. The van der Waals surface area contributed by atoms with Crippen LogP contribution < -0.4 is 5.32 Å². The number of nitrogens with zero attached hydrogens (tertiary/aromatic N) is 2. The third-order valence-corrected chi connectivity index (χ3v) is 2.42. The summed E-state index contributed by atoms with van der Waals surface area (Å²) in [6.07, 6.45) is 4.39. The van der Waals surface area contributed by atoms with Crippen LogP contribution in [-0.4, -0.2) is 42.2 Å². The van der Waals surface area contributed by atoms with Gasteiger partial charge in [0.2, 0.25) is 0 Å². The molecule has 0 spiro atoms. The summed E-state index contributed by atoms with van der Waals surface area (Å²) >= 11 is 0. The Kier molecular flexibility index (Phi) is 3.71. The van der Waals surface area contributed by atoms with E-state index < -0.39 is 0 Å². The molecule has 0 atom stereocenters. The van der Waals surface area contributed by atoms with Crippen LogP contribution in [0, 0.1) is 6.20 Å². The molecule has 1 radical (unpaired) electrons. The van der Waals surface area contributed by atoms with Crippen LogP contribution in [0.3, 0.4) is 0 Å². The molecule has 2 amide bonds. The molecule has 0 aromatic carbocycles. The van der Waals surface area contributed by atoms with Crippen LogP contribution in [0.1, 0.15) is 5.56 Å². The number of rotatable bonds is 2. The predicted octanol–water partition coefficient (Wildman–Crippen LogP) is 0.424. The molecule has 1 aliphatic rings. The van der Waals surface area contributed by atoms with E-state index in [1.165, 1.54) is 0 Å². The van der Waals surface area contributed by atoms with Crippen molar-refractivity contribution >= 4 is 6.03 Å². The molecule has 5 heteroatoms. The maximum Gasteiger partial charge on any atom is 0.317 e. The number of hydrogen-bond acceptors (Lipinski definition) is 3. The first kappa shape index (κ1) is 10.9. The van der Waals surface area contributed by atoms with E-state index in [4.69, 9.17) is 4.74 Å². The minimum absolute atomic E-state index is 0.0452. The van der Waals surface area contributed by atoms with Crippen molar-refractivity contribution in [1.82, 2.24) is 15.2 Å². The van der Waals surface area contributed by atoms with E-state index in [9.17, 15) is 4.79 Å². The Morgan fingerprint density at radius 3 is 3.06 bits per heavy atom. The summed E-state index contributed by atoms with van der Waals surface area (Å²) in [5, 5.41) is 2.85. The van der Waals surface area contributed by atoms with Crippen LogP contribution in [0.4, 0.5) is 4.79 Å². The van der Waals surface area contributed by atoms with Gasteiger partial charge in [-0.2, -0.15) is 0 Å². The third kappa shape index (κ3) is 2.93. The molecule has 0 unspecified atom stereocenters. The van der Waals surface area contributed by atoms with Gasteiger partial charge in [-0.15, -0.1) is 0 Å². The number of morpholine rings is 1. The second-order valence-corrected chi connectivity index (χ2v) is 3.55. The summed E-state index contributed by atoms with van der Waals surface area (Å²) in [5.41, 5.74) is 0.973. The first-order valence-electron chi connectivity index (χ1n) is 5.28. The molecule has 2 rings (SSSR count). The predicted molar refractivity (Wildman–Crippen MR) is 57.7 cm³/mol. The minimum atomic E-state index is -0.0452. The molecule has 1 aromatic rings. The van der Waals surface area contributed by atoms with Gasteiger partial charge in [-0.25, -0.2) is 4.79 Å². The highest BCUT2D eigenvalue weighted by Gasteiger charge is 2.15. The lowest BCUT2D eigenvalue weighted by atomic mass is 10.3. The lowest BCUT2D eigenvalue weighted by molar-refractivity contribution is 0.0531. The van der Waals surface area contributed by atoms with Gasteiger partial charge in [-0.1, -0.05) is 6.07 Å². The summed E-state index contributed by atoms with van der Waals surface area (Å²) in [4.78, 5) is 17.3. The van der Waals surface area contributed by atoms with E-state index in [-0.39, 0.29) is 6.03 Å². The van der Waals surface area contributed by atoms with Gasteiger partial charge in [0.05, 0.1) is 19.4 Å². The third-order valence-electron chi connectivity index (χ3n) is 2.42. The van der Waals surface area contributed by atoms with Gasteiger partial charge in [0, 0.05) is 25.8 Å². The van der Waals surface area contributed by atoms with E-state index in [1.807, 2.05) is 6.07 Å². The topological polar surface area (TPSA) is 54.5 Å². The molecule has 16 heavy (non-hydrogen) atoms. The Balaban J connectivity index is 1.79. The number of carbonyl (C=O) groups is 1. The summed E-state index contributed by atoms with van der Waals surface area (Å²) in [5.74, 6) is 0. The molecule has 0 aliphatic carbocycles. The van der Waals surface area contributed by atoms with E-state index in [0.717, 1.165) is 5.56 Å². The van der Waals surface area contributed by atoms with Gasteiger partial charge in [-0.3, -0.25) is 4.98 Å². The smallest absolute Gasteiger partial charge is 0.317 e. The van der Waals surface area contributed by atoms with Crippen LogP contribution in [0.5, 0.6) is 0 Å². The molecule has 2 heterocycles. The van der Waals surface area contributed by atoms with E-state index >= 15 is 0 Å². The highest BCUT2D eigenvalue weighted by molar-refractivity contribution is 5.74. The molecule has 1 aliphatic heterocycles. The van der Waals surface area contributed by atoms with Crippen LogP contribution in [-0.2, 0) is 11.3 Å². The van der Waals surface area contributed by atoms with Crippen molar-refractivity contribution < 1.29 is 9.53 Å². The Morgan fingerprint density at radius 1 is 1.56 bits per heavy atom. The fourth-order valence-corrected chi connectivity index (χ4v) is 1.51. The molecular weight excluding hydrogens is 206 g/mol. The fraction of sp³-hybridized carbons (Fsp3) is 0.455. The van der Waals surface area contributed by atoms with E-state index in [0.29, 0.717) is 32.8 Å². The molecule has 1 fully saturated rings. The van der Waals surface area contributed by atoms with Gasteiger partial charge >= 0.3 is 6.03 Å². The Labute approximate surface area is 94.4 Å². The summed E-state index contributed by atoms with van der Waals surface area (Å²) < 4.78 is 5.18. The van der Waals surface area contributed by atoms with Crippen molar-refractivity contribution in [3.8, 4) is 0 Å². The van der Waals surface area contributed by atoms with Crippen LogP contribution in [0.15, 0.2) is 18.3 Å². The maximum absolute atomic E-state index is 11.7. The number of nitrogens with one attached hydrogen (secondary N) is 1. The number of hydrogen-bond donors (Lipinski definition) is 1. The second-order valence-electron chi connectivity index (χ2n) is 3.55. The summed E-state index contributed by atoms with van der Waals surface area (Å²) in [6, 6.07) is 3.57. The summed E-state index contributed by atoms with van der Waals surface area (Å²) in [6.45, 7) is 3.06. The van der Waals surface area contributed by atoms with Crippen molar-refractivity contribution in [2.45, 2.75) is 6.54 Å². The quantitative estimate of drug-likeness (QED) is 0.786. The van der Waals surface area contributed by atoms with E-state index in [2.05, 4.69) is 16.5 Å². The maximum atomic E-state index is 11.7. The Morgan fingerprint density at radius 2 is 2.38 bits per heavy atom. The zero-order chi connectivity index (χ0) is 11.2. The van der Waals surface area contributed by atoms with Crippen molar-refractivity contribution in [3.05, 3.63) is 30.1 Å². The van der Waals surface area contributed by atoms with Crippen molar-refractivity contribution in [2.24, 2.45) is 0 Å². The second kappa shape index (κ2) is 5.46. The average Bonchev–Trinajstić information content (AvgIpc) is 2.38. The Bertz CT molecular complexity index is 336. The van der Waals surface area contributed by atoms with Crippen LogP contribution in [0.25, 0.3) is 0 Å². The van der Waals surface area contributed by atoms with Gasteiger partial charge in [0.25, 0.3) is 0 Å². The largest absolute Gasteiger partial charge is 0.378 e. The van der Waals surface area contributed by atoms with Gasteiger partial charge in [0.1, 0.15) is 0 Å². The van der Waals surface area contributed by atoms with Crippen molar-refractivity contribution in [3.63, 3.8) is 0 Å². The molecule has 85 valence electrons. The minimum Gasteiger partial charge on any atom is -0.378 e. The molecule has 1 N–H and O–H groups in total. The van der Waals surface area contributed by atoms with E-state index in [1.54, 1.807) is 17.2 Å². The van der Waals surface area contributed by atoms with Gasteiger partial charge in [-0.05, 0) is 11.6 Å². The highest BCUT2D eigenvalue weighted by Crippen LogP contribution is 1.99. The average molecular weight is 220 g/mol. The van der Waals surface area contributed by atoms with Crippen LogP contribution in [0.2, 0.25) is 0 Å². The highest BCUT2D eigenvalue weighted by atomic mass is 16.5. The van der Waals surface area contributed by atoms with Crippen molar-refractivity contribution in [2.75, 3.05) is 26.3 Å². The molecule has 0 bridgehead atoms. The lowest BCUT2D eigenvalue weighted by Gasteiger charge is -2.26. The standard InChI is InChI=1S/C11H14N3O2/c15-11(14-4-6-16-7-5-14)13-9-10-2-1-3-12-8-10/h1-2,8H,4-7,9H2,(H,13,15). The molecule has 0 saturated carbocycles. The molecule has 5 nitrogen and oxygen atoms in total. The zero-order valence-electron chi connectivity index (χ0n) is 8.98. The number of pyridine rings is 1. The number of carbonyl (C=O) groups excluding carboxylic acids is 1. The molecular formula is C11H14N3O2. The van der Waals surface area contributed by atoms with Gasteiger partial charge < -0.3 is 15.0 Å². The number of urea groups is 1. The number of amides is 2. The zero-order valence-corrected chi connectivity index (χ0v) is 8.98. The monoisotopic (exact) mass is 220 g/mol. The van der Waals surface area contributed by atoms with Crippen molar-refractivity contribution in [1.29, 1.82) is 0 Å². The normalized spacial score (nSPS) is 15.9. The van der Waals surface area contributed by atoms with Gasteiger partial charge in [0.15, 0.2) is 0 Å². The SMILES string of the molecule is O=C(NCc1cc[c]nc1)N1CCOCC1.